The molecule has 0 spiro atoms. The molecule has 0 aliphatic rings. The molecule has 1 aromatic rings. The highest BCUT2D eigenvalue weighted by Crippen LogP contribution is 2.07. The van der Waals surface area contributed by atoms with Gasteiger partial charge in [0.25, 0.3) is 0 Å². The van der Waals surface area contributed by atoms with E-state index in [1.54, 1.807) is 18.2 Å². The van der Waals surface area contributed by atoms with Crippen LogP contribution in [0.25, 0.3) is 0 Å². The van der Waals surface area contributed by atoms with Crippen LogP contribution in [-0.4, -0.2) is 17.3 Å². The number of carbonyl (C=O) groups excluding carboxylic acids is 1. The third-order valence-corrected chi connectivity index (χ3v) is 2.87. The van der Waals surface area contributed by atoms with Gasteiger partial charge in [-0.25, -0.2) is 4.39 Å². The zero-order valence-electron chi connectivity index (χ0n) is 9.88. The molecule has 1 amide bonds. The molecule has 4 heteroatoms. The van der Waals surface area contributed by atoms with Crippen LogP contribution in [0.15, 0.2) is 24.3 Å². The largest absolute Gasteiger partial charge is 0.356 e. The van der Waals surface area contributed by atoms with Crippen LogP contribution in [0.5, 0.6) is 0 Å². The van der Waals surface area contributed by atoms with Gasteiger partial charge in [0.15, 0.2) is 0 Å². The van der Waals surface area contributed by atoms with Crippen molar-refractivity contribution in [2.45, 2.75) is 31.0 Å². The van der Waals surface area contributed by atoms with E-state index >= 15 is 0 Å². The molecular weight excluding hydrogens is 285 g/mol. The normalized spacial score (nSPS) is 12.2. The molecule has 2 nitrogen and oxygen atoms in total. The summed E-state index contributed by atoms with van der Waals surface area (Å²) < 4.78 is 13.3. The van der Waals surface area contributed by atoms with Gasteiger partial charge in [-0.05, 0) is 24.5 Å². The van der Waals surface area contributed by atoms with E-state index in [9.17, 15) is 9.18 Å². The zero-order chi connectivity index (χ0) is 12.7. The fourth-order valence-electron chi connectivity index (χ4n) is 1.49. The van der Waals surface area contributed by atoms with Gasteiger partial charge in [-0.15, -0.1) is 0 Å². The van der Waals surface area contributed by atoms with E-state index < -0.39 is 0 Å². The number of hydrogen-bond donors (Lipinski definition) is 1. The van der Waals surface area contributed by atoms with Crippen LogP contribution in [0, 0.1) is 5.82 Å². The second-order valence-electron chi connectivity index (χ2n) is 4.04. The molecule has 1 atom stereocenters. The molecule has 0 heterocycles. The number of alkyl halides is 1. The molecule has 1 rings (SSSR count). The van der Waals surface area contributed by atoms with Crippen LogP contribution in [0.1, 0.15) is 25.3 Å². The van der Waals surface area contributed by atoms with Gasteiger partial charge < -0.3 is 5.32 Å². The van der Waals surface area contributed by atoms with Crippen molar-refractivity contribution >= 4 is 21.8 Å². The quantitative estimate of drug-likeness (QED) is 0.635. The predicted octanol–water partition coefficient (Wildman–Crippen LogP) is 3.05. The lowest BCUT2D eigenvalue weighted by atomic mass is 10.1. The highest BCUT2D eigenvalue weighted by Gasteiger charge is 2.06. The highest BCUT2D eigenvalue weighted by atomic mass is 79.9. The Balaban J connectivity index is 2.28. The maximum atomic E-state index is 13.3. The van der Waals surface area contributed by atoms with Gasteiger partial charge in [-0.1, -0.05) is 41.1 Å². The summed E-state index contributed by atoms with van der Waals surface area (Å²) in [5.74, 6) is -0.450. The first-order valence-corrected chi connectivity index (χ1v) is 6.65. The smallest absolute Gasteiger partial charge is 0.224 e. The maximum absolute atomic E-state index is 13.3. The van der Waals surface area contributed by atoms with Crippen LogP contribution in [-0.2, 0) is 11.2 Å². The van der Waals surface area contributed by atoms with Gasteiger partial charge >= 0.3 is 0 Å². The van der Waals surface area contributed by atoms with Crippen molar-refractivity contribution in [3.8, 4) is 0 Å². The molecule has 0 saturated heterocycles. The molecule has 0 saturated carbocycles. The van der Waals surface area contributed by atoms with E-state index in [2.05, 4.69) is 28.2 Å². The molecule has 1 N–H and O–H groups in total. The number of amides is 1. The molecule has 0 aliphatic heterocycles. The van der Waals surface area contributed by atoms with E-state index in [1.165, 1.54) is 6.07 Å². The lowest BCUT2D eigenvalue weighted by Crippen LogP contribution is -2.26. The molecule has 0 aliphatic carbocycles. The van der Waals surface area contributed by atoms with Crippen LogP contribution in [0.2, 0.25) is 0 Å². The third-order valence-electron chi connectivity index (χ3n) is 2.41. The average Bonchev–Trinajstić information content (AvgIpc) is 2.27. The predicted molar refractivity (Wildman–Crippen MR) is 70.7 cm³/mol. The number of halogens is 2. The summed E-state index contributed by atoms with van der Waals surface area (Å²) in [6, 6.07) is 6.36. The van der Waals surface area contributed by atoms with E-state index in [0.717, 1.165) is 12.8 Å². The minimum Gasteiger partial charge on any atom is -0.356 e. The van der Waals surface area contributed by atoms with Crippen molar-refractivity contribution in [3.05, 3.63) is 35.6 Å². The van der Waals surface area contributed by atoms with Gasteiger partial charge in [0, 0.05) is 11.4 Å². The summed E-state index contributed by atoms with van der Waals surface area (Å²) in [4.78, 5) is 12.0. The Morgan fingerprint density at radius 1 is 1.47 bits per heavy atom. The first-order chi connectivity index (χ1) is 8.09. The van der Waals surface area contributed by atoms with E-state index in [-0.39, 0.29) is 18.1 Å². The fourth-order valence-corrected chi connectivity index (χ4v) is 1.81. The van der Waals surface area contributed by atoms with Crippen molar-refractivity contribution in [1.29, 1.82) is 0 Å². The Morgan fingerprint density at radius 2 is 2.18 bits per heavy atom. The molecule has 0 fully saturated rings. The number of hydrogen-bond acceptors (Lipinski definition) is 1. The molecule has 94 valence electrons. The summed E-state index contributed by atoms with van der Waals surface area (Å²) in [7, 11) is 0. The van der Waals surface area contributed by atoms with Crippen LogP contribution in [0.3, 0.4) is 0 Å². The van der Waals surface area contributed by atoms with E-state index in [1.807, 2.05) is 0 Å². The van der Waals surface area contributed by atoms with Gasteiger partial charge in [0.2, 0.25) is 5.91 Å². The summed E-state index contributed by atoms with van der Waals surface area (Å²) in [5, 5.41) is 2.79. The molecule has 0 radical (unpaired) electrons. The lowest BCUT2D eigenvalue weighted by Gasteiger charge is -2.06. The van der Waals surface area contributed by atoms with Crippen LogP contribution < -0.4 is 5.32 Å². The minimum atomic E-state index is -0.322. The molecule has 1 aromatic carbocycles. The molecule has 0 aromatic heterocycles. The Kier molecular flexibility index (Phi) is 6.19. The first-order valence-electron chi connectivity index (χ1n) is 5.73. The van der Waals surface area contributed by atoms with E-state index in [4.69, 9.17) is 0 Å². The monoisotopic (exact) mass is 301 g/mol. The Hall–Kier alpha value is -0.900. The lowest BCUT2D eigenvalue weighted by molar-refractivity contribution is -0.120. The standard InChI is InChI=1S/C13H17BrFNO/c1-10(14)5-4-8-16-13(17)9-11-6-2-3-7-12(11)15/h2-3,6-7,10H,4-5,8-9H2,1H3,(H,16,17). The molecule has 1 unspecified atom stereocenters. The fraction of sp³-hybridized carbons (Fsp3) is 0.462. The topological polar surface area (TPSA) is 29.1 Å². The van der Waals surface area contributed by atoms with Crippen molar-refractivity contribution in [3.63, 3.8) is 0 Å². The average molecular weight is 302 g/mol. The van der Waals surface area contributed by atoms with Crippen molar-refractivity contribution in [2.75, 3.05) is 6.54 Å². The summed E-state index contributed by atoms with van der Waals surface area (Å²) in [6.07, 6.45) is 2.05. The third kappa shape index (κ3) is 5.82. The Morgan fingerprint density at radius 3 is 2.82 bits per heavy atom. The molecule has 17 heavy (non-hydrogen) atoms. The first kappa shape index (κ1) is 14.2. The zero-order valence-corrected chi connectivity index (χ0v) is 11.5. The van der Waals surface area contributed by atoms with Gasteiger partial charge in [0.1, 0.15) is 5.82 Å². The summed E-state index contributed by atoms with van der Waals surface area (Å²) in [5.41, 5.74) is 0.443. The van der Waals surface area contributed by atoms with Crippen molar-refractivity contribution < 1.29 is 9.18 Å². The summed E-state index contributed by atoms with van der Waals surface area (Å²) >= 11 is 3.44. The Labute approximate surface area is 110 Å². The Bertz CT molecular complexity index is 368. The molecule has 0 bridgehead atoms. The second-order valence-corrected chi connectivity index (χ2v) is 5.60. The van der Waals surface area contributed by atoms with E-state index in [0.29, 0.717) is 16.9 Å². The second kappa shape index (κ2) is 7.43. The minimum absolute atomic E-state index is 0.108. The number of carbonyl (C=O) groups is 1. The van der Waals surface area contributed by atoms with Gasteiger partial charge in [-0.3, -0.25) is 4.79 Å². The van der Waals surface area contributed by atoms with Crippen molar-refractivity contribution in [2.24, 2.45) is 0 Å². The SMILES string of the molecule is CC(Br)CCCNC(=O)Cc1ccccc1F. The number of benzene rings is 1. The van der Waals surface area contributed by atoms with Crippen LogP contribution in [0.4, 0.5) is 4.39 Å². The maximum Gasteiger partial charge on any atom is 0.224 e. The number of rotatable bonds is 6. The van der Waals surface area contributed by atoms with Crippen LogP contribution >= 0.6 is 15.9 Å². The molecular formula is C13H17BrFNO. The summed E-state index contributed by atoms with van der Waals surface area (Å²) in [6.45, 7) is 2.71. The highest BCUT2D eigenvalue weighted by molar-refractivity contribution is 9.09. The van der Waals surface area contributed by atoms with Crippen molar-refractivity contribution in [1.82, 2.24) is 5.32 Å². The van der Waals surface area contributed by atoms with Gasteiger partial charge in [0.05, 0.1) is 6.42 Å². The number of nitrogens with one attached hydrogen (secondary N) is 1. The van der Waals surface area contributed by atoms with Gasteiger partial charge in [-0.2, -0.15) is 0 Å².